The van der Waals surface area contributed by atoms with Gasteiger partial charge in [0.1, 0.15) is 0 Å². The van der Waals surface area contributed by atoms with Crippen LogP contribution >= 0.6 is 0 Å². The van der Waals surface area contributed by atoms with E-state index >= 15 is 0 Å². The van der Waals surface area contributed by atoms with Gasteiger partial charge >= 0.3 is 0 Å². The van der Waals surface area contributed by atoms with Crippen LogP contribution in [0.5, 0.6) is 0 Å². The average Bonchev–Trinajstić information content (AvgIpc) is 3.42. The van der Waals surface area contributed by atoms with Gasteiger partial charge in [0.15, 0.2) is 0 Å². The second-order valence-corrected chi connectivity index (χ2v) is 14.5. The van der Waals surface area contributed by atoms with Crippen molar-refractivity contribution in [2.45, 2.75) is 76.2 Å². The quantitative estimate of drug-likeness (QED) is 0.356. The third-order valence-electron chi connectivity index (χ3n) is 9.87. The fourth-order valence-corrected chi connectivity index (χ4v) is 9.34. The third kappa shape index (κ3) is 6.25. The number of amides is 1. The summed E-state index contributed by atoms with van der Waals surface area (Å²) in [4.78, 5) is 17.9. The number of H-pyrrole nitrogens is 1. The van der Waals surface area contributed by atoms with Crippen LogP contribution in [0.25, 0.3) is 22.0 Å². The molecule has 3 N–H and O–H groups in total. The maximum Gasteiger partial charge on any atom is 0.221 e. The van der Waals surface area contributed by atoms with Gasteiger partial charge in [0.2, 0.25) is 15.9 Å². The maximum atomic E-state index is 13.3. The first kappa shape index (κ1) is 28.4. The number of aromatic amines is 1. The molecule has 3 aliphatic rings. The highest BCUT2D eigenvalue weighted by molar-refractivity contribution is 7.89. The van der Waals surface area contributed by atoms with E-state index in [1.807, 2.05) is 18.2 Å². The third-order valence-corrected chi connectivity index (χ3v) is 11.8. The van der Waals surface area contributed by atoms with Gasteiger partial charge in [0, 0.05) is 36.2 Å². The van der Waals surface area contributed by atoms with Crippen molar-refractivity contribution >= 4 is 26.8 Å². The van der Waals surface area contributed by atoms with E-state index in [0.29, 0.717) is 19.1 Å². The van der Waals surface area contributed by atoms with Crippen molar-refractivity contribution in [3.63, 3.8) is 0 Å². The number of fused-ring (bicyclic) bond motifs is 2. The molecule has 1 amide bonds. The number of piperidine rings is 2. The molecule has 0 bridgehead atoms. The van der Waals surface area contributed by atoms with Crippen LogP contribution in [0.4, 0.5) is 0 Å². The minimum Gasteiger partial charge on any atom is -0.369 e. The number of sulfonamides is 1. The molecule has 2 aliphatic heterocycles. The number of carbonyl (C=O) groups is 1. The lowest BCUT2D eigenvalue weighted by Gasteiger charge is -2.44. The predicted octanol–water partition coefficient (Wildman–Crippen LogP) is 5.42. The zero-order chi connectivity index (χ0) is 28.4. The number of hydrogen-bond donors (Lipinski definition) is 2. The number of nitrogens with one attached hydrogen (secondary N) is 1. The summed E-state index contributed by atoms with van der Waals surface area (Å²) in [6.07, 6.45) is 12.5. The Hall–Kier alpha value is -2.68. The first-order valence-electron chi connectivity index (χ1n) is 15.6. The molecular weight excluding hydrogens is 532 g/mol. The van der Waals surface area contributed by atoms with E-state index in [4.69, 9.17) is 5.73 Å². The molecule has 6 rings (SSSR count). The number of rotatable bonds is 9. The van der Waals surface area contributed by atoms with Crippen molar-refractivity contribution in [1.29, 1.82) is 0 Å². The lowest BCUT2D eigenvalue weighted by Crippen LogP contribution is -2.47. The Labute approximate surface area is 244 Å². The van der Waals surface area contributed by atoms with Gasteiger partial charge in [0.25, 0.3) is 0 Å². The number of likely N-dealkylation sites (tertiary alicyclic amines) is 1. The lowest BCUT2D eigenvalue weighted by atomic mass is 9.78. The zero-order valence-electron chi connectivity index (χ0n) is 24.1. The molecule has 2 atom stereocenters. The number of carbonyl (C=O) groups excluding carboxylic acids is 1. The highest BCUT2D eigenvalue weighted by Crippen LogP contribution is 2.38. The van der Waals surface area contributed by atoms with E-state index in [0.717, 1.165) is 65.9 Å². The summed E-state index contributed by atoms with van der Waals surface area (Å²) in [6, 6.07) is 15.1. The Morgan fingerprint density at radius 2 is 1.68 bits per heavy atom. The van der Waals surface area contributed by atoms with Crippen LogP contribution in [0.15, 0.2) is 48.7 Å². The van der Waals surface area contributed by atoms with Gasteiger partial charge in [-0.2, -0.15) is 0 Å². The number of primary amides is 1. The zero-order valence-corrected chi connectivity index (χ0v) is 24.9. The molecule has 7 nitrogen and oxygen atoms in total. The van der Waals surface area contributed by atoms with Crippen LogP contribution in [0.2, 0.25) is 0 Å². The van der Waals surface area contributed by atoms with Crippen LogP contribution in [0.1, 0.15) is 74.8 Å². The molecule has 2 saturated heterocycles. The topological polar surface area (TPSA) is 99.5 Å². The Morgan fingerprint density at radius 1 is 0.927 bits per heavy atom. The minimum atomic E-state index is -3.26. The van der Waals surface area contributed by atoms with Gasteiger partial charge in [-0.15, -0.1) is 0 Å². The predicted molar refractivity (Wildman–Crippen MR) is 165 cm³/mol. The van der Waals surface area contributed by atoms with E-state index in [1.165, 1.54) is 44.1 Å². The van der Waals surface area contributed by atoms with Crippen molar-refractivity contribution in [2.75, 3.05) is 31.9 Å². The average molecular weight is 577 g/mol. The van der Waals surface area contributed by atoms with Crippen LogP contribution in [-0.4, -0.2) is 66.5 Å². The van der Waals surface area contributed by atoms with Gasteiger partial charge in [-0.25, -0.2) is 12.7 Å². The van der Waals surface area contributed by atoms with Crippen LogP contribution in [0, 0.1) is 5.92 Å². The number of aromatic nitrogens is 1. The summed E-state index contributed by atoms with van der Waals surface area (Å²) >= 11 is 0. The number of nitrogens with two attached hydrogens (primary N) is 1. The lowest BCUT2D eigenvalue weighted by molar-refractivity contribution is -0.117. The Kier molecular flexibility index (Phi) is 8.52. The van der Waals surface area contributed by atoms with E-state index in [-0.39, 0.29) is 24.0 Å². The molecule has 41 heavy (non-hydrogen) atoms. The van der Waals surface area contributed by atoms with Gasteiger partial charge < -0.3 is 15.6 Å². The first-order chi connectivity index (χ1) is 19.9. The standard InChI is InChI=1S/C33H44N4O3S/c34-32(38)22-28-20-27(24-8-2-1-3-9-24)21-29-30(23-35-33(28)29)25-13-17-37(18-14-25)41(39,40)19-7-16-36-15-6-11-26-10-4-5-12-31(26)36/h1-3,8-9,20-21,23,25-26,31,35H,4-7,10-19,22H2,(H2,34,38). The molecule has 2 aromatic carbocycles. The normalized spacial score (nSPS) is 23.0. The molecule has 220 valence electrons. The summed E-state index contributed by atoms with van der Waals surface area (Å²) in [5.41, 5.74) is 10.8. The summed E-state index contributed by atoms with van der Waals surface area (Å²) in [6.45, 7) is 3.15. The molecule has 3 heterocycles. The fourth-order valence-electron chi connectivity index (χ4n) is 7.82. The molecule has 1 aromatic heterocycles. The van der Waals surface area contributed by atoms with Crippen molar-refractivity contribution in [2.24, 2.45) is 11.7 Å². The van der Waals surface area contributed by atoms with E-state index in [2.05, 4.69) is 40.3 Å². The van der Waals surface area contributed by atoms with E-state index < -0.39 is 10.0 Å². The van der Waals surface area contributed by atoms with Gasteiger partial charge in [-0.05, 0) is 104 Å². The Balaban J connectivity index is 1.11. The number of hydrogen-bond acceptors (Lipinski definition) is 4. The number of nitrogens with zero attached hydrogens (tertiary/aromatic N) is 2. The summed E-state index contributed by atoms with van der Waals surface area (Å²) < 4.78 is 28.4. The highest BCUT2D eigenvalue weighted by atomic mass is 32.2. The SMILES string of the molecule is NC(=O)Cc1cc(-c2ccccc2)cc2c(C3CCN(S(=O)(=O)CCCN4CCCC5CCCCC54)CC3)c[nH]c12. The summed E-state index contributed by atoms with van der Waals surface area (Å²) in [5.74, 6) is 0.979. The second kappa shape index (κ2) is 12.3. The molecule has 0 spiro atoms. The van der Waals surface area contributed by atoms with E-state index in [9.17, 15) is 13.2 Å². The monoisotopic (exact) mass is 576 g/mol. The highest BCUT2D eigenvalue weighted by Gasteiger charge is 2.34. The van der Waals surface area contributed by atoms with Crippen molar-refractivity contribution in [1.82, 2.24) is 14.2 Å². The fraction of sp³-hybridized carbons (Fsp3) is 0.545. The summed E-state index contributed by atoms with van der Waals surface area (Å²) in [7, 11) is -3.26. The van der Waals surface area contributed by atoms with Crippen molar-refractivity contribution < 1.29 is 13.2 Å². The molecule has 1 aliphatic carbocycles. The largest absolute Gasteiger partial charge is 0.369 e. The van der Waals surface area contributed by atoms with Crippen LogP contribution < -0.4 is 5.73 Å². The van der Waals surface area contributed by atoms with Gasteiger partial charge in [-0.1, -0.05) is 43.2 Å². The molecule has 3 fully saturated rings. The minimum absolute atomic E-state index is 0.173. The molecule has 8 heteroatoms. The van der Waals surface area contributed by atoms with Crippen molar-refractivity contribution in [3.8, 4) is 11.1 Å². The molecular formula is C33H44N4O3S. The first-order valence-corrected chi connectivity index (χ1v) is 17.2. The van der Waals surface area contributed by atoms with Gasteiger partial charge in [-0.3, -0.25) is 4.79 Å². The van der Waals surface area contributed by atoms with Crippen LogP contribution in [0.3, 0.4) is 0 Å². The molecule has 3 aromatic rings. The molecule has 0 radical (unpaired) electrons. The Bertz CT molecular complexity index is 1460. The van der Waals surface area contributed by atoms with Crippen molar-refractivity contribution in [3.05, 3.63) is 59.8 Å². The smallest absolute Gasteiger partial charge is 0.221 e. The number of benzene rings is 2. The second-order valence-electron chi connectivity index (χ2n) is 12.4. The molecule has 2 unspecified atom stereocenters. The maximum absolute atomic E-state index is 13.3. The molecule has 1 saturated carbocycles. The van der Waals surface area contributed by atoms with E-state index in [1.54, 1.807) is 4.31 Å². The van der Waals surface area contributed by atoms with Gasteiger partial charge in [0.05, 0.1) is 12.2 Å². The Morgan fingerprint density at radius 3 is 2.46 bits per heavy atom. The summed E-state index contributed by atoms with van der Waals surface area (Å²) in [5, 5.41) is 1.10. The van der Waals surface area contributed by atoms with Crippen LogP contribution in [-0.2, 0) is 21.2 Å².